The van der Waals surface area contributed by atoms with Gasteiger partial charge in [-0.25, -0.2) is 14.6 Å². The average Bonchev–Trinajstić information content (AvgIpc) is 2.53. The third kappa shape index (κ3) is 2.94. The fourth-order valence-corrected chi connectivity index (χ4v) is 1.81. The maximum atomic E-state index is 11.7. The number of rotatable bonds is 3. The number of carbonyl (C=O) groups excluding carboxylic acids is 2. The van der Waals surface area contributed by atoms with E-state index in [9.17, 15) is 9.59 Å². The van der Waals surface area contributed by atoms with E-state index in [4.69, 9.17) is 9.47 Å². The van der Waals surface area contributed by atoms with Crippen molar-refractivity contribution in [1.82, 2.24) is 4.98 Å². The van der Waals surface area contributed by atoms with E-state index in [0.29, 0.717) is 18.8 Å². The largest absolute Gasteiger partial charge is 0.465 e. The second-order valence-corrected chi connectivity index (χ2v) is 4.08. The summed E-state index contributed by atoms with van der Waals surface area (Å²) in [5, 5.41) is 0. The summed E-state index contributed by atoms with van der Waals surface area (Å²) in [6.45, 7) is 1.13. The molecular formula is C13H15NO6. The molecule has 0 aromatic carbocycles. The van der Waals surface area contributed by atoms with E-state index < -0.39 is 18.2 Å². The van der Waals surface area contributed by atoms with Crippen LogP contribution >= 0.6 is 0 Å². The van der Waals surface area contributed by atoms with E-state index in [2.05, 4.69) is 14.5 Å². The van der Waals surface area contributed by atoms with Gasteiger partial charge in [-0.1, -0.05) is 0 Å². The highest BCUT2D eigenvalue weighted by Crippen LogP contribution is 2.24. The van der Waals surface area contributed by atoms with E-state index in [1.54, 1.807) is 0 Å². The Bertz CT molecular complexity index is 510. The smallest absolute Gasteiger partial charge is 0.357 e. The quantitative estimate of drug-likeness (QED) is 0.767. The zero-order chi connectivity index (χ0) is 14.5. The molecule has 0 amide bonds. The Morgan fingerprint density at radius 1 is 1.20 bits per heavy atom. The third-order valence-electron chi connectivity index (χ3n) is 2.79. The molecule has 0 atom stereocenters. The first-order chi connectivity index (χ1) is 9.67. The molecule has 1 aliphatic heterocycles. The maximum absolute atomic E-state index is 11.7. The minimum absolute atomic E-state index is 0.0228. The van der Waals surface area contributed by atoms with Crippen molar-refractivity contribution >= 4 is 11.9 Å². The molecule has 0 bridgehead atoms. The molecule has 0 spiro atoms. The van der Waals surface area contributed by atoms with Crippen molar-refractivity contribution in [3.05, 3.63) is 29.1 Å². The highest BCUT2D eigenvalue weighted by atomic mass is 16.7. The number of carbonyl (C=O) groups is 2. The van der Waals surface area contributed by atoms with Crippen molar-refractivity contribution in [3.8, 4) is 0 Å². The zero-order valence-corrected chi connectivity index (χ0v) is 11.3. The molecule has 108 valence electrons. The second-order valence-electron chi connectivity index (χ2n) is 4.08. The van der Waals surface area contributed by atoms with Crippen LogP contribution in [0.5, 0.6) is 0 Å². The summed E-state index contributed by atoms with van der Waals surface area (Å²) in [5.41, 5.74) is 0.478. The van der Waals surface area contributed by atoms with Crippen LogP contribution < -0.4 is 0 Å². The van der Waals surface area contributed by atoms with E-state index in [-0.39, 0.29) is 11.3 Å². The first kappa shape index (κ1) is 14.4. The lowest BCUT2D eigenvalue weighted by molar-refractivity contribution is -0.183. The Morgan fingerprint density at radius 3 is 2.45 bits per heavy atom. The van der Waals surface area contributed by atoms with Crippen LogP contribution in [0.15, 0.2) is 12.3 Å². The van der Waals surface area contributed by atoms with E-state index >= 15 is 0 Å². The first-order valence-corrected chi connectivity index (χ1v) is 6.07. The Morgan fingerprint density at radius 2 is 1.85 bits per heavy atom. The van der Waals surface area contributed by atoms with Crippen LogP contribution in [0.4, 0.5) is 0 Å². The monoisotopic (exact) mass is 281 g/mol. The van der Waals surface area contributed by atoms with Crippen molar-refractivity contribution in [2.24, 2.45) is 0 Å². The topological polar surface area (TPSA) is 84.0 Å². The Hall–Kier alpha value is -1.99. The maximum Gasteiger partial charge on any atom is 0.357 e. The molecule has 7 heteroatoms. The Kier molecular flexibility index (Phi) is 4.65. The number of esters is 2. The molecule has 2 rings (SSSR count). The average molecular weight is 281 g/mol. The van der Waals surface area contributed by atoms with Crippen LogP contribution in [0.3, 0.4) is 0 Å². The predicted octanol–water partition coefficient (Wildman–Crippen LogP) is 1.09. The van der Waals surface area contributed by atoms with Gasteiger partial charge in [-0.2, -0.15) is 0 Å². The van der Waals surface area contributed by atoms with Crippen LogP contribution in [0.2, 0.25) is 0 Å². The molecule has 1 saturated heterocycles. The zero-order valence-electron chi connectivity index (χ0n) is 11.3. The molecule has 1 aliphatic rings. The summed E-state index contributed by atoms with van der Waals surface area (Å²) in [6, 6.07) is 1.47. The van der Waals surface area contributed by atoms with Gasteiger partial charge < -0.3 is 18.9 Å². The molecule has 20 heavy (non-hydrogen) atoms. The van der Waals surface area contributed by atoms with Gasteiger partial charge in [0.2, 0.25) is 0 Å². The van der Waals surface area contributed by atoms with Gasteiger partial charge in [0.15, 0.2) is 12.0 Å². The van der Waals surface area contributed by atoms with Gasteiger partial charge in [-0.05, 0) is 12.5 Å². The Labute approximate surface area is 115 Å². The lowest BCUT2D eigenvalue weighted by Crippen LogP contribution is -2.20. The number of pyridine rings is 1. The van der Waals surface area contributed by atoms with E-state index in [1.165, 1.54) is 26.5 Å². The molecule has 0 N–H and O–H groups in total. The Balaban J connectivity index is 2.37. The van der Waals surface area contributed by atoms with Crippen molar-refractivity contribution in [1.29, 1.82) is 0 Å². The van der Waals surface area contributed by atoms with Gasteiger partial charge in [0, 0.05) is 11.8 Å². The standard InChI is InChI=1S/C13H15NO6/c1-17-11(15)9-6-8(13-19-4-3-5-20-13)7-14-10(9)12(16)18-2/h6-7,13H,3-5H2,1-2H3. The van der Waals surface area contributed by atoms with Crippen LogP contribution in [-0.2, 0) is 18.9 Å². The van der Waals surface area contributed by atoms with Crippen molar-refractivity contribution < 1.29 is 28.5 Å². The van der Waals surface area contributed by atoms with Gasteiger partial charge in [-0.15, -0.1) is 0 Å². The van der Waals surface area contributed by atoms with Crippen LogP contribution in [0, 0.1) is 0 Å². The van der Waals surface area contributed by atoms with Gasteiger partial charge in [0.1, 0.15) is 0 Å². The summed E-state index contributed by atoms with van der Waals surface area (Å²) >= 11 is 0. The molecule has 7 nitrogen and oxygen atoms in total. The highest BCUT2D eigenvalue weighted by Gasteiger charge is 2.24. The fourth-order valence-electron chi connectivity index (χ4n) is 1.81. The van der Waals surface area contributed by atoms with E-state index in [1.807, 2.05) is 0 Å². The van der Waals surface area contributed by atoms with Gasteiger partial charge in [0.05, 0.1) is 33.0 Å². The summed E-state index contributed by atoms with van der Waals surface area (Å²) < 4.78 is 20.1. The molecular weight excluding hydrogens is 266 g/mol. The number of methoxy groups -OCH3 is 2. The van der Waals surface area contributed by atoms with Crippen molar-refractivity contribution in [2.75, 3.05) is 27.4 Å². The molecule has 0 saturated carbocycles. The normalized spacial score (nSPS) is 15.7. The van der Waals surface area contributed by atoms with Gasteiger partial charge >= 0.3 is 11.9 Å². The van der Waals surface area contributed by atoms with Crippen molar-refractivity contribution in [3.63, 3.8) is 0 Å². The lowest BCUT2D eigenvalue weighted by atomic mass is 10.1. The second kappa shape index (κ2) is 6.44. The number of nitrogens with zero attached hydrogens (tertiary/aromatic N) is 1. The first-order valence-electron chi connectivity index (χ1n) is 6.07. The minimum Gasteiger partial charge on any atom is -0.465 e. The summed E-state index contributed by atoms with van der Waals surface area (Å²) in [7, 11) is 2.44. The predicted molar refractivity (Wildman–Crippen MR) is 66.2 cm³/mol. The molecule has 1 aromatic rings. The third-order valence-corrected chi connectivity index (χ3v) is 2.79. The summed E-state index contributed by atoms with van der Waals surface area (Å²) in [4.78, 5) is 27.3. The fraction of sp³-hybridized carbons (Fsp3) is 0.462. The minimum atomic E-state index is -0.706. The SMILES string of the molecule is COC(=O)c1cc(C2OCCCO2)cnc1C(=O)OC. The van der Waals surface area contributed by atoms with Gasteiger partial charge in [0.25, 0.3) is 0 Å². The van der Waals surface area contributed by atoms with Crippen LogP contribution in [0.1, 0.15) is 39.1 Å². The molecule has 1 aromatic heterocycles. The number of ether oxygens (including phenoxy) is 4. The molecule has 0 aliphatic carbocycles. The lowest BCUT2D eigenvalue weighted by Gasteiger charge is -2.23. The molecule has 0 radical (unpaired) electrons. The van der Waals surface area contributed by atoms with Crippen molar-refractivity contribution in [2.45, 2.75) is 12.7 Å². The van der Waals surface area contributed by atoms with Crippen LogP contribution in [-0.4, -0.2) is 44.4 Å². The molecule has 1 fully saturated rings. The number of hydrogen-bond donors (Lipinski definition) is 0. The summed E-state index contributed by atoms with van der Waals surface area (Å²) in [5.74, 6) is -1.38. The summed E-state index contributed by atoms with van der Waals surface area (Å²) in [6.07, 6.45) is 1.65. The van der Waals surface area contributed by atoms with Crippen LogP contribution in [0.25, 0.3) is 0 Å². The molecule has 0 unspecified atom stereocenters. The van der Waals surface area contributed by atoms with E-state index in [0.717, 1.165) is 6.42 Å². The highest BCUT2D eigenvalue weighted by molar-refractivity contribution is 6.01. The number of aromatic nitrogens is 1. The number of hydrogen-bond acceptors (Lipinski definition) is 7. The van der Waals surface area contributed by atoms with Gasteiger partial charge in [-0.3, -0.25) is 0 Å². The molecule has 2 heterocycles.